The molecule has 5 nitrogen and oxygen atoms in total. The standard InChI is InChI=1S/C15H18N2O3/c1-3-11-6-8-17(9-7-11)14(18)13-5-4-12(15(19)20)10(2)16-13/h3-5,11H,1,6-9H2,2H3,(H,19,20). The van der Waals surface area contributed by atoms with Gasteiger partial charge < -0.3 is 10.0 Å². The molecule has 0 aromatic carbocycles. The van der Waals surface area contributed by atoms with E-state index in [4.69, 9.17) is 5.11 Å². The molecule has 106 valence electrons. The highest BCUT2D eigenvalue weighted by molar-refractivity contribution is 5.94. The molecule has 20 heavy (non-hydrogen) atoms. The number of aromatic carboxylic acids is 1. The van der Waals surface area contributed by atoms with Crippen LogP contribution in [0.3, 0.4) is 0 Å². The minimum atomic E-state index is -1.03. The molecule has 0 atom stereocenters. The SMILES string of the molecule is C=CC1CCN(C(=O)c2ccc(C(=O)O)c(C)n2)CC1. The number of aryl methyl sites for hydroxylation is 1. The number of carbonyl (C=O) groups is 2. The first-order valence-corrected chi connectivity index (χ1v) is 6.65. The number of likely N-dealkylation sites (tertiary alicyclic amines) is 1. The Morgan fingerprint density at radius 3 is 2.55 bits per heavy atom. The molecule has 1 fully saturated rings. The fourth-order valence-electron chi connectivity index (χ4n) is 2.41. The maximum atomic E-state index is 12.3. The summed E-state index contributed by atoms with van der Waals surface area (Å²) in [5.74, 6) is -0.684. The normalized spacial score (nSPS) is 15.9. The molecule has 0 radical (unpaired) electrons. The summed E-state index contributed by atoms with van der Waals surface area (Å²) < 4.78 is 0. The molecule has 2 rings (SSSR count). The van der Waals surface area contributed by atoms with Crippen LogP contribution in [0.25, 0.3) is 0 Å². The molecular formula is C15H18N2O3. The van der Waals surface area contributed by atoms with Gasteiger partial charge in [0, 0.05) is 13.1 Å². The quantitative estimate of drug-likeness (QED) is 0.857. The number of aromatic nitrogens is 1. The van der Waals surface area contributed by atoms with Gasteiger partial charge in [-0.2, -0.15) is 0 Å². The Balaban J connectivity index is 2.12. The van der Waals surface area contributed by atoms with Gasteiger partial charge in [-0.1, -0.05) is 6.08 Å². The van der Waals surface area contributed by atoms with Crippen molar-refractivity contribution >= 4 is 11.9 Å². The van der Waals surface area contributed by atoms with Crippen molar-refractivity contribution in [2.75, 3.05) is 13.1 Å². The highest BCUT2D eigenvalue weighted by atomic mass is 16.4. The number of piperidine rings is 1. The van der Waals surface area contributed by atoms with Crippen molar-refractivity contribution in [3.8, 4) is 0 Å². The average Bonchev–Trinajstić information content (AvgIpc) is 2.46. The minimum absolute atomic E-state index is 0.131. The minimum Gasteiger partial charge on any atom is -0.478 e. The van der Waals surface area contributed by atoms with Crippen molar-refractivity contribution < 1.29 is 14.7 Å². The lowest BCUT2D eigenvalue weighted by Gasteiger charge is -2.30. The van der Waals surface area contributed by atoms with Crippen LogP contribution in [-0.4, -0.2) is 40.0 Å². The van der Waals surface area contributed by atoms with Gasteiger partial charge in [0.05, 0.1) is 11.3 Å². The lowest BCUT2D eigenvalue weighted by atomic mass is 9.97. The van der Waals surface area contributed by atoms with E-state index in [-0.39, 0.29) is 11.5 Å². The van der Waals surface area contributed by atoms with E-state index in [0.717, 1.165) is 12.8 Å². The molecule has 1 aliphatic rings. The summed E-state index contributed by atoms with van der Waals surface area (Å²) in [6.45, 7) is 6.76. The highest BCUT2D eigenvalue weighted by Gasteiger charge is 2.23. The monoisotopic (exact) mass is 274 g/mol. The number of carbonyl (C=O) groups excluding carboxylic acids is 1. The number of carboxylic acids is 1. The predicted octanol–water partition coefficient (Wildman–Crippen LogP) is 2.13. The van der Waals surface area contributed by atoms with Crippen molar-refractivity contribution in [1.82, 2.24) is 9.88 Å². The second kappa shape index (κ2) is 5.86. The molecule has 1 saturated heterocycles. The van der Waals surface area contributed by atoms with Crippen LogP contribution >= 0.6 is 0 Å². The van der Waals surface area contributed by atoms with Gasteiger partial charge in [-0.15, -0.1) is 6.58 Å². The van der Waals surface area contributed by atoms with Crippen molar-refractivity contribution in [2.24, 2.45) is 5.92 Å². The molecular weight excluding hydrogens is 256 g/mol. The summed E-state index contributed by atoms with van der Waals surface area (Å²) in [4.78, 5) is 29.1. The van der Waals surface area contributed by atoms with Gasteiger partial charge in [-0.3, -0.25) is 4.79 Å². The molecule has 1 amide bonds. The van der Waals surface area contributed by atoms with Crippen molar-refractivity contribution in [3.05, 3.63) is 41.7 Å². The molecule has 2 heterocycles. The Hall–Kier alpha value is -2.17. The van der Waals surface area contributed by atoms with Crippen LogP contribution in [0.1, 0.15) is 39.4 Å². The second-order valence-corrected chi connectivity index (χ2v) is 5.00. The van der Waals surface area contributed by atoms with E-state index in [9.17, 15) is 9.59 Å². The lowest BCUT2D eigenvalue weighted by molar-refractivity contribution is 0.0681. The zero-order chi connectivity index (χ0) is 14.7. The molecule has 1 aliphatic heterocycles. The molecule has 0 saturated carbocycles. The molecule has 0 unspecified atom stereocenters. The fourth-order valence-corrected chi connectivity index (χ4v) is 2.41. The van der Waals surface area contributed by atoms with E-state index in [1.165, 1.54) is 12.1 Å². The summed E-state index contributed by atoms with van der Waals surface area (Å²) >= 11 is 0. The molecule has 0 bridgehead atoms. The number of nitrogens with zero attached hydrogens (tertiary/aromatic N) is 2. The summed E-state index contributed by atoms with van der Waals surface area (Å²) in [6, 6.07) is 2.92. The molecule has 0 aliphatic carbocycles. The first kappa shape index (κ1) is 14.2. The Labute approximate surface area is 117 Å². The van der Waals surface area contributed by atoms with E-state index < -0.39 is 5.97 Å². The lowest BCUT2D eigenvalue weighted by Crippen LogP contribution is -2.38. The predicted molar refractivity (Wildman–Crippen MR) is 74.8 cm³/mol. The summed E-state index contributed by atoms with van der Waals surface area (Å²) in [5.41, 5.74) is 0.806. The van der Waals surface area contributed by atoms with Gasteiger partial charge >= 0.3 is 5.97 Å². The average molecular weight is 274 g/mol. The first-order valence-electron chi connectivity index (χ1n) is 6.65. The number of rotatable bonds is 3. The highest BCUT2D eigenvalue weighted by Crippen LogP contribution is 2.19. The van der Waals surface area contributed by atoms with Crippen LogP contribution < -0.4 is 0 Å². The Morgan fingerprint density at radius 2 is 2.05 bits per heavy atom. The van der Waals surface area contributed by atoms with Gasteiger partial charge in [0.25, 0.3) is 5.91 Å². The van der Waals surface area contributed by atoms with Crippen LogP contribution in [0.5, 0.6) is 0 Å². The van der Waals surface area contributed by atoms with E-state index in [2.05, 4.69) is 11.6 Å². The van der Waals surface area contributed by atoms with Crippen molar-refractivity contribution in [2.45, 2.75) is 19.8 Å². The summed E-state index contributed by atoms with van der Waals surface area (Å²) in [5, 5.41) is 8.96. The molecule has 0 spiro atoms. The van der Waals surface area contributed by atoms with Crippen LogP contribution in [0, 0.1) is 12.8 Å². The Bertz CT molecular complexity index is 546. The van der Waals surface area contributed by atoms with Gasteiger partial charge in [0.15, 0.2) is 0 Å². The third-order valence-corrected chi connectivity index (χ3v) is 3.70. The molecule has 5 heteroatoms. The van der Waals surface area contributed by atoms with E-state index in [1.807, 2.05) is 6.08 Å². The summed E-state index contributed by atoms with van der Waals surface area (Å²) in [7, 11) is 0. The number of carboxylic acid groups (broad SMARTS) is 1. The van der Waals surface area contributed by atoms with Crippen molar-refractivity contribution in [3.63, 3.8) is 0 Å². The van der Waals surface area contributed by atoms with Crippen LogP contribution in [0.4, 0.5) is 0 Å². The van der Waals surface area contributed by atoms with Crippen molar-refractivity contribution in [1.29, 1.82) is 0 Å². The zero-order valence-electron chi connectivity index (χ0n) is 11.5. The third-order valence-electron chi connectivity index (χ3n) is 3.70. The number of amides is 1. The summed E-state index contributed by atoms with van der Waals surface area (Å²) in [6.07, 6.45) is 3.77. The number of allylic oxidation sites excluding steroid dienone is 1. The number of hydrogen-bond donors (Lipinski definition) is 1. The molecule has 1 aromatic rings. The van der Waals surface area contributed by atoms with E-state index >= 15 is 0 Å². The van der Waals surface area contributed by atoms with Gasteiger partial charge in [-0.25, -0.2) is 9.78 Å². The second-order valence-electron chi connectivity index (χ2n) is 5.00. The van der Waals surface area contributed by atoms with Crippen LogP contribution in [-0.2, 0) is 0 Å². The maximum absolute atomic E-state index is 12.3. The largest absolute Gasteiger partial charge is 0.478 e. The van der Waals surface area contributed by atoms with Crippen LogP contribution in [0.15, 0.2) is 24.8 Å². The Kier molecular flexibility index (Phi) is 4.17. The number of hydrogen-bond acceptors (Lipinski definition) is 3. The van der Waals surface area contributed by atoms with E-state index in [1.54, 1.807) is 11.8 Å². The topological polar surface area (TPSA) is 70.5 Å². The molecule has 1 N–H and O–H groups in total. The van der Waals surface area contributed by atoms with E-state index in [0.29, 0.717) is 30.4 Å². The van der Waals surface area contributed by atoms with Gasteiger partial charge in [0.1, 0.15) is 5.69 Å². The van der Waals surface area contributed by atoms with Crippen LogP contribution in [0.2, 0.25) is 0 Å². The maximum Gasteiger partial charge on any atom is 0.337 e. The third kappa shape index (κ3) is 2.87. The zero-order valence-corrected chi connectivity index (χ0v) is 11.5. The van der Waals surface area contributed by atoms with Gasteiger partial charge in [-0.05, 0) is 37.8 Å². The molecule has 1 aromatic heterocycles. The number of pyridine rings is 1. The fraction of sp³-hybridized carbons (Fsp3) is 0.400. The smallest absolute Gasteiger partial charge is 0.337 e. The van der Waals surface area contributed by atoms with Gasteiger partial charge in [0.2, 0.25) is 0 Å². The first-order chi connectivity index (χ1) is 9.52. The Morgan fingerprint density at radius 1 is 1.40 bits per heavy atom.